The molecule has 1 aliphatic carbocycles. The first-order valence-electron chi connectivity index (χ1n) is 8.23. The molecule has 3 N–H and O–H groups in total. The summed E-state index contributed by atoms with van der Waals surface area (Å²) < 4.78 is 12.0. The molecule has 0 heterocycles. The SMILES string of the molecule is CCNC(=NCCNC(C)=O)NC1CCCC(S(=O)CC)C1.I. The number of carbonyl (C=O) groups excluding carboxylic acids is 1. The highest BCUT2D eigenvalue weighted by Gasteiger charge is 2.25. The first-order chi connectivity index (χ1) is 10.6. The lowest BCUT2D eigenvalue weighted by Crippen LogP contribution is -2.47. The van der Waals surface area contributed by atoms with Crippen LogP contribution in [0.4, 0.5) is 0 Å². The minimum atomic E-state index is -0.713. The van der Waals surface area contributed by atoms with Gasteiger partial charge in [0.25, 0.3) is 0 Å². The molecule has 0 saturated heterocycles. The summed E-state index contributed by atoms with van der Waals surface area (Å²) in [5.74, 6) is 1.48. The second-order valence-corrected chi connectivity index (χ2v) is 7.55. The molecule has 23 heavy (non-hydrogen) atoms. The molecule has 1 rings (SSSR count). The highest BCUT2D eigenvalue weighted by Crippen LogP contribution is 2.22. The van der Waals surface area contributed by atoms with Gasteiger partial charge in [0, 0.05) is 47.9 Å². The predicted octanol–water partition coefficient (Wildman–Crippen LogP) is 1.38. The van der Waals surface area contributed by atoms with E-state index in [4.69, 9.17) is 0 Å². The Labute approximate surface area is 159 Å². The number of nitrogens with zero attached hydrogens (tertiary/aromatic N) is 1. The van der Waals surface area contributed by atoms with E-state index >= 15 is 0 Å². The molecule has 1 amide bonds. The zero-order valence-corrected chi connectivity index (χ0v) is 17.5. The van der Waals surface area contributed by atoms with Crippen LogP contribution in [0.15, 0.2) is 4.99 Å². The van der Waals surface area contributed by atoms with Crippen LogP contribution in [0.2, 0.25) is 0 Å². The quantitative estimate of drug-likeness (QED) is 0.233. The fourth-order valence-electron chi connectivity index (χ4n) is 2.66. The Balaban J connectivity index is 0.00000484. The van der Waals surface area contributed by atoms with Gasteiger partial charge in [-0.1, -0.05) is 13.3 Å². The molecule has 0 aromatic rings. The molecule has 0 bridgehead atoms. The Morgan fingerprint density at radius 2 is 2.00 bits per heavy atom. The van der Waals surface area contributed by atoms with Crippen molar-refractivity contribution in [1.82, 2.24) is 16.0 Å². The van der Waals surface area contributed by atoms with Crippen molar-refractivity contribution in [1.29, 1.82) is 0 Å². The van der Waals surface area contributed by atoms with E-state index in [1.165, 1.54) is 6.92 Å². The molecule has 0 aromatic heterocycles. The predicted molar refractivity (Wildman–Crippen MR) is 108 cm³/mol. The summed E-state index contributed by atoms with van der Waals surface area (Å²) in [4.78, 5) is 15.3. The van der Waals surface area contributed by atoms with Gasteiger partial charge in [-0.25, -0.2) is 0 Å². The molecule has 0 aromatic carbocycles. The largest absolute Gasteiger partial charge is 0.357 e. The third kappa shape index (κ3) is 9.49. The molecule has 3 atom stereocenters. The number of carbonyl (C=O) groups is 1. The molecule has 1 saturated carbocycles. The molecule has 1 fully saturated rings. The summed E-state index contributed by atoms with van der Waals surface area (Å²) in [7, 11) is -0.713. The van der Waals surface area contributed by atoms with Gasteiger partial charge in [0.1, 0.15) is 0 Å². The van der Waals surface area contributed by atoms with Gasteiger partial charge < -0.3 is 16.0 Å². The lowest BCUT2D eigenvalue weighted by molar-refractivity contribution is -0.118. The standard InChI is InChI=1S/C15H30N4O2S.HI/c1-4-16-15(18-10-9-17-12(3)20)19-13-7-6-8-14(11-13)22(21)5-2;/h13-14H,4-11H2,1-3H3,(H,17,20)(H2,16,18,19);1H. The molecule has 1 aliphatic rings. The second-order valence-electron chi connectivity index (χ2n) is 5.54. The van der Waals surface area contributed by atoms with Crippen LogP contribution in [0, 0.1) is 0 Å². The molecule has 136 valence electrons. The van der Waals surface area contributed by atoms with Crippen LogP contribution in [0.25, 0.3) is 0 Å². The van der Waals surface area contributed by atoms with Gasteiger partial charge in [-0.2, -0.15) is 0 Å². The van der Waals surface area contributed by atoms with Gasteiger partial charge in [-0.15, -0.1) is 24.0 Å². The maximum atomic E-state index is 12.0. The summed E-state index contributed by atoms with van der Waals surface area (Å²) in [6, 6.07) is 0.327. The number of amides is 1. The number of hydrogen-bond acceptors (Lipinski definition) is 3. The van der Waals surface area contributed by atoms with Crippen LogP contribution in [-0.4, -0.2) is 52.8 Å². The van der Waals surface area contributed by atoms with E-state index in [0.29, 0.717) is 24.4 Å². The topological polar surface area (TPSA) is 82.6 Å². The summed E-state index contributed by atoms with van der Waals surface area (Å²) in [6.07, 6.45) is 4.21. The third-order valence-corrected chi connectivity index (χ3v) is 5.46. The zero-order valence-electron chi connectivity index (χ0n) is 14.4. The third-order valence-electron chi connectivity index (χ3n) is 3.72. The zero-order chi connectivity index (χ0) is 16.4. The van der Waals surface area contributed by atoms with Gasteiger partial charge in [0.2, 0.25) is 5.91 Å². The fourth-order valence-corrected chi connectivity index (χ4v) is 4.01. The van der Waals surface area contributed by atoms with Crippen LogP contribution in [0.1, 0.15) is 46.5 Å². The maximum Gasteiger partial charge on any atom is 0.216 e. The van der Waals surface area contributed by atoms with Gasteiger partial charge in [0.15, 0.2) is 5.96 Å². The Hall–Kier alpha value is -0.380. The van der Waals surface area contributed by atoms with Crippen LogP contribution < -0.4 is 16.0 Å². The molecule has 0 radical (unpaired) electrons. The van der Waals surface area contributed by atoms with Crippen molar-refractivity contribution >= 4 is 46.6 Å². The lowest BCUT2D eigenvalue weighted by Gasteiger charge is -2.30. The lowest BCUT2D eigenvalue weighted by atomic mass is 9.95. The van der Waals surface area contributed by atoms with E-state index in [-0.39, 0.29) is 29.9 Å². The van der Waals surface area contributed by atoms with Crippen molar-refractivity contribution in [2.45, 2.75) is 57.7 Å². The van der Waals surface area contributed by atoms with Crippen LogP contribution in [-0.2, 0) is 15.6 Å². The van der Waals surface area contributed by atoms with E-state index in [1.807, 2.05) is 13.8 Å². The number of aliphatic imine (C=N–C) groups is 1. The van der Waals surface area contributed by atoms with Crippen molar-refractivity contribution in [3.05, 3.63) is 0 Å². The second kappa shape index (κ2) is 13.0. The molecule has 0 aliphatic heterocycles. The van der Waals surface area contributed by atoms with Crippen molar-refractivity contribution in [2.75, 3.05) is 25.4 Å². The highest BCUT2D eigenvalue weighted by molar-refractivity contribution is 14.0. The Morgan fingerprint density at radius 1 is 1.26 bits per heavy atom. The number of rotatable bonds is 7. The van der Waals surface area contributed by atoms with Crippen LogP contribution in [0.5, 0.6) is 0 Å². The van der Waals surface area contributed by atoms with Crippen molar-refractivity contribution in [3.8, 4) is 0 Å². The van der Waals surface area contributed by atoms with Crippen LogP contribution in [0.3, 0.4) is 0 Å². The maximum absolute atomic E-state index is 12.0. The molecular formula is C15H31IN4O2S. The summed E-state index contributed by atoms with van der Waals surface area (Å²) in [5, 5.41) is 9.71. The van der Waals surface area contributed by atoms with E-state index in [9.17, 15) is 9.00 Å². The molecule has 8 heteroatoms. The van der Waals surface area contributed by atoms with Crippen LogP contribution >= 0.6 is 24.0 Å². The number of nitrogens with one attached hydrogen (secondary N) is 3. The van der Waals surface area contributed by atoms with Gasteiger partial charge in [0.05, 0.1) is 6.54 Å². The monoisotopic (exact) mass is 458 g/mol. The minimum absolute atomic E-state index is 0. The highest BCUT2D eigenvalue weighted by atomic mass is 127. The van der Waals surface area contributed by atoms with E-state index in [0.717, 1.165) is 43.9 Å². The summed E-state index contributed by atoms with van der Waals surface area (Å²) >= 11 is 0. The number of hydrogen-bond donors (Lipinski definition) is 3. The van der Waals surface area contributed by atoms with E-state index < -0.39 is 10.8 Å². The van der Waals surface area contributed by atoms with Gasteiger partial charge in [-0.05, 0) is 26.2 Å². The average molecular weight is 458 g/mol. The average Bonchev–Trinajstić information content (AvgIpc) is 2.51. The summed E-state index contributed by atoms with van der Waals surface area (Å²) in [5.41, 5.74) is 0. The molecule has 6 nitrogen and oxygen atoms in total. The molecule has 3 unspecified atom stereocenters. The summed E-state index contributed by atoms with van der Waals surface area (Å²) in [6.45, 7) is 7.40. The Morgan fingerprint density at radius 3 is 2.61 bits per heavy atom. The smallest absolute Gasteiger partial charge is 0.216 e. The first-order valence-corrected chi connectivity index (χ1v) is 9.61. The Kier molecular flexibility index (Phi) is 12.8. The normalized spacial score (nSPS) is 22.7. The number of halogens is 1. The molecular weight excluding hydrogens is 427 g/mol. The minimum Gasteiger partial charge on any atom is -0.357 e. The number of guanidine groups is 1. The molecule has 0 spiro atoms. The van der Waals surface area contributed by atoms with E-state index in [2.05, 4.69) is 20.9 Å². The van der Waals surface area contributed by atoms with Crippen molar-refractivity contribution in [2.24, 2.45) is 4.99 Å². The van der Waals surface area contributed by atoms with Crippen molar-refractivity contribution in [3.63, 3.8) is 0 Å². The Bertz CT molecular complexity index is 407. The fraction of sp³-hybridized carbons (Fsp3) is 0.867. The first kappa shape index (κ1) is 22.6. The van der Waals surface area contributed by atoms with E-state index in [1.54, 1.807) is 0 Å². The van der Waals surface area contributed by atoms with Gasteiger partial charge >= 0.3 is 0 Å². The van der Waals surface area contributed by atoms with Crippen molar-refractivity contribution < 1.29 is 9.00 Å². The van der Waals surface area contributed by atoms with Gasteiger partial charge in [-0.3, -0.25) is 14.0 Å².